The lowest BCUT2D eigenvalue weighted by Crippen LogP contribution is -2.41. The highest BCUT2D eigenvalue weighted by Gasteiger charge is 2.26. The molecule has 1 aromatic carbocycles. The van der Waals surface area contributed by atoms with Crippen LogP contribution in [0.15, 0.2) is 24.3 Å². The first-order chi connectivity index (χ1) is 11.7. The minimum atomic E-state index is -3.05. The third-order valence-electron chi connectivity index (χ3n) is 4.25. The molecule has 1 aliphatic heterocycles. The summed E-state index contributed by atoms with van der Waals surface area (Å²) in [6.07, 6.45) is 2.85. The van der Waals surface area contributed by atoms with Gasteiger partial charge in [-0.1, -0.05) is 19.9 Å². The van der Waals surface area contributed by atoms with Crippen molar-refractivity contribution in [3.8, 4) is 0 Å². The Hall–Kier alpha value is -1.89. The van der Waals surface area contributed by atoms with E-state index in [2.05, 4.69) is 5.32 Å². The van der Waals surface area contributed by atoms with Gasteiger partial charge in [-0.25, -0.2) is 8.42 Å². The van der Waals surface area contributed by atoms with E-state index in [1.807, 2.05) is 0 Å². The Morgan fingerprint density at radius 1 is 1.32 bits per heavy atom. The van der Waals surface area contributed by atoms with E-state index in [0.29, 0.717) is 24.3 Å². The van der Waals surface area contributed by atoms with Crippen LogP contribution in [0.2, 0.25) is 0 Å². The van der Waals surface area contributed by atoms with Gasteiger partial charge < -0.3 is 10.2 Å². The van der Waals surface area contributed by atoms with Gasteiger partial charge in [0, 0.05) is 36.5 Å². The van der Waals surface area contributed by atoms with Crippen molar-refractivity contribution in [1.82, 2.24) is 4.90 Å². The van der Waals surface area contributed by atoms with Gasteiger partial charge in [-0.05, 0) is 37.0 Å². The fourth-order valence-corrected chi connectivity index (χ4v) is 4.14. The van der Waals surface area contributed by atoms with E-state index in [1.54, 1.807) is 43.0 Å². The van der Waals surface area contributed by atoms with E-state index in [9.17, 15) is 18.0 Å². The molecule has 1 saturated heterocycles. The van der Waals surface area contributed by atoms with E-state index < -0.39 is 9.84 Å². The molecule has 0 aromatic heterocycles. The van der Waals surface area contributed by atoms with Crippen molar-refractivity contribution in [2.24, 2.45) is 11.8 Å². The van der Waals surface area contributed by atoms with Crippen LogP contribution >= 0.6 is 0 Å². The number of carbonyl (C=O) groups excluding carboxylic acids is 2. The summed E-state index contributed by atoms with van der Waals surface area (Å²) in [7, 11) is -3.05. The monoisotopic (exact) mass is 366 g/mol. The van der Waals surface area contributed by atoms with Gasteiger partial charge in [0.05, 0.1) is 5.75 Å². The summed E-state index contributed by atoms with van der Waals surface area (Å²) in [5.74, 6) is -0.272. The molecule has 2 amide bonds. The van der Waals surface area contributed by atoms with Gasteiger partial charge in [0.1, 0.15) is 9.84 Å². The Morgan fingerprint density at radius 3 is 2.68 bits per heavy atom. The average Bonchev–Trinajstić information content (AvgIpc) is 2.53. The first-order valence-electron chi connectivity index (χ1n) is 8.53. The van der Waals surface area contributed by atoms with E-state index >= 15 is 0 Å². The van der Waals surface area contributed by atoms with Crippen LogP contribution in [0, 0.1) is 11.8 Å². The van der Waals surface area contributed by atoms with Crippen molar-refractivity contribution in [3.05, 3.63) is 29.8 Å². The second-order valence-electron chi connectivity index (χ2n) is 7.08. The minimum Gasteiger partial charge on any atom is -0.338 e. The molecule has 0 saturated carbocycles. The maximum atomic E-state index is 12.7. The number of nitrogens with zero attached hydrogens (tertiary/aromatic N) is 1. The van der Waals surface area contributed by atoms with E-state index in [1.165, 1.54) is 6.26 Å². The molecular weight excluding hydrogens is 340 g/mol. The third kappa shape index (κ3) is 5.85. The largest absolute Gasteiger partial charge is 0.338 e. The Kier molecular flexibility index (Phi) is 6.21. The van der Waals surface area contributed by atoms with Gasteiger partial charge in [0.2, 0.25) is 5.91 Å². The highest BCUT2D eigenvalue weighted by atomic mass is 32.2. The van der Waals surface area contributed by atoms with Crippen molar-refractivity contribution in [2.75, 3.05) is 30.4 Å². The number of hydrogen-bond donors (Lipinski definition) is 1. The Morgan fingerprint density at radius 2 is 2.04 bits per heavy atom. The number of carbonyl (C=O) groups is 2. The lowest BCUT2D eigenvalue weighted by molar-refractivity contribution is -0.118. The quantitative estimate of drug-likeness (QED) is 0.866. The number of amides is 2. The molecule has 6 nitrogen and oxygen atoms in total. The maximum Gasteiger partial charge on any atom is 0.253 e. The zero-order chi connectivity index (χ0) is 18.6. The zero-order valence-electron chi connectivity index (χ0n) is 15.0. The molecular formula is C18H26N2O4S. The number of rotatable bonds is 5. The van der Waals surface area contributed by atoms with E-state index in [-0.39, 0.29) is 29.4 Å². The number of likely N-dealkylation sites (tertiary alicyclic amines) is 1. The molecule has 0 radical (unpaired) electrons. The van der Waals surface area contributed by atoms with Gasteiger partial charge in [0.25, 0.3) is 5.91 Å². The van der Waals surface area contributed by atoms with E-state index in [0.717, 1.165) is 12.8 Å². The van der Waals surface area contributed by atoms with E-state index in [4.69, 9.17) is 0 Å². The first kappa shape index (κ1) is 19.4. The topological polar surface area (TPSA) is 83.6 Å². The fraction of sp³-hybridized carbons (Fsp3) is 0.556. The fourth-order valence-electron chi connectivity index (χ4n) is 3.01. The molecule has 1 atom stereocenters. The number of nitrogens with one attached hydrogen (secondary N) is 1. The summed E-state index contributed by atoms with van der Waals surface area (Å²) in [5.41, 5.74) is 1.09. The minimum absolute atomic E-state index is 0.0171. The van der Waals surface area contributed by atoms with Crippen LogP contribution in [0.1, 0.15) is 37.0 Å². The lowest BCUT2D eigenvalue weighted by atomic mass is 9.99. The molecule has 1 heterocycles. The van der Waals surface area contributed by atoms with Crippen LogP contribution in [-0.2, 0) is 14.6 Å². The molecule has 0 spiro atoms. The average molecular weight is 366 g/mol. The van der Waals surface area contributed by atoms with Crippen LogP contribution in [0.3, 0.4) is 0 Å². The second-order valence-corrected chi connectivity index (χ2v) is 9.26. The van der Waals surface area contributed by atoms with Gasteiger partial charge in [-0.15, -0.1) is 0 Å². The first-order valence-corrected chi connectivity index (χ1v) is 10.6. The molecule has 7 heteroatoms. The predicted molar refractivity (Wildman–Crippen MR) is 98.2 cm³/mol. The third-order valence-corrected chi connectivity index (χ3v) is 5.32. The summed E-state index contributed by atoms with van der Waals surface area (Å²) in [5, 5.41) is 2.79. The molecule has 25 heavy (non-hydrogen) atoms. The number of hydrogen-bond acceptors (Lipinski definition) is 4. The Bertz CT molecular complexity index is 743. The highest BCUT2D eigenvalue weighted by Crippen LogP contribution is 2.21. The summed E-state index contributed by atoms with van der Waals surface area (Å²) < 4.78 is 23.0. The number of anilines is 1. The summed E-state index contributed by atoms with van der Waals surface area (Å²) in [6.45, 7) is 4.69. The molecule has 1 unspecified atom stereocenters. The molecule has 1 aliphatic rings. The standard InChI is InChI=1S/C18H26N2O4S/c1-13(2)17(21)19-16-8-4-7-15(10-16)18(22)20-9-5-6-14(11-20)12-25(3,23)24/h4,7-8,10,13-14H,5-6,9,11-12H2,1-3H3,(H,19,21). The summed E-state index contributed by atoms with van der Waals surface area (Å²) in [6, 6.07) is 6.87. The van der Waals surface area contributed by atoms with Crippen molar-refractivity contribution >= 4 is 27.3 Å². The molecule has 0 aliphatic carbocycles. The lowest BCUT2D eigenvalue weighted by Gasteiger charge is -2.32. The van der Waals surface area contributed by atoms with Crippen molar-refractivity contribution < 1.29 is 18.0 Å². The van der Waals surface area contributed by atoms with Crippen molar-refractivity contribution in [1.29, 1.82) is 0 Å². The van der Waals surface area contributed by atoms with Crippen LogP contribution in [0.4, 0.5) is 5.69 Å². The smallest absolute Gasteiger partial charge is 0.253 e. The number of sulfone groups is 1. The van der Waals surface area contributed by atoms with Crippen molar-refractivity contribution in [3.63, 3.8) is 0 Å². The molecule has 1 fully saturated rings. The highest BCUT2D eigenvalue weighted by molar-refractivity contribution is 7.90. The summed E-state index contributed by atoms with van der Waals surface area (Å²) in [4.78, 5) is 26.3. The van der Waals surface area contributed by atoms with Crippen molar-refractivity contribution in [2.45, 2.75) is 26.7 Å². The van der Waals surface area contributed by atoms with Crippen LogP contribution in [0.5, 0.6) is 0 Å². The molecule has 2 rings (SSSR count). The normalized spacial score (nSPS) is 18.2. The summed E-state index contributed by atoms with van der Waals surface area (Å²) >= 11 is 0. The zero-order valence-corrected chi connectivity index (χ0v) is 15.8. The second kappa shape index (κ2) is 7.99. The van der Waals surface area contributed by atoms with Gasteiger partial charge >= 0.3 is 0 Å². The van der Waals surface area contributed by atoms with Crippen LogP contribution in [0.25, 0.3) is 0 Å². The van der Waals surface area contributed by atoms with Gasteiger partial charge in [-0.3, -0.25) is 9.59 Å². The molecule has 0 bridgehead atoms. The predicted octanol–water partition coefficient (Wildman–Crippen LogP) is 2.18. The van der Waals surface area contributed by atoms with Crippen LogP contribution in [-0.4, -0.2) is 50.2 Å². The molecule has 1 aromatic rings. The Balaban J connectivity index is 2.08. The SMILES string of the molecule is CC(C)C(=O)Nc1cccc(C(=O)N2CCCC(CS(C)(=O)=O)C2)c1. The number of benzene rings is 1. The molecule has 1 N–H and O–H groups in total. The Labute approximate surface area is 149 Å². The molecule has 138 valence electrons. The van der Waals surface area contributed by atoms with Gasteiger partial charge in [0.15, 0.2) is 0 Å². The van der Waals surface area contributed by atoms with Gasteiger partial charge in [-0.2, -0.15) is 0 Å². The van der Waals surface area contributed by atoms with Crippen LogP contribution < -0.4 is 5.32 Å². The maximum absolute atomic E-state index is 12.7. The number of piperidine rings is 1.